The first-order valence-electron chi connectivity index (χ1n) is 21.0. The van der Waals surface area contributed by atoms with Crippen molar-refractivity contribution in [2.75, 3.05) is 0 Å². The smallest absolute Gasteiger partial charge is 0.166 e. The maximum absolute atomic E-state index is 5.28. The Balaban J connectivity index is 1.19. The molecule has 11 aromatic rings. The molecule has 8 aromatic carbocycles. The fourth-order valence-electron chi connectivity index (χ4n) is 8.47. The Morgan fingerprint density at radius 1 is 0.286 bits per heavy atom. The van der Waals surface area contributed by atoms with Crippen molar-refractivity contribution in [3.05, 3.63) is 211 Å². The van der Waals surface area contributed by atoms with Gasteiger partial charge in [-0.2, -0.15) is 0 Å². The lowest BCUT2D eigenvalue weighted by atomic mass is 9.99. The van der Waals surface area contributed by atoms with Gasteiger partial charge in [-0.25, -0.2) is 29.9 Å². The fourth-order valence-corrected chi connectivity index (χ4v) is 8.47. The molecule has 0 bridgehead atoms. The van der Waals surface area contributed by atoms with E-state index in [0.717, 1.165) is 60.9 Å². The molecule has 11 rings (SSSR count). The van der Waals surface area contributed by atoms with Crippen LogP contribution in [0.1, 0.15) is 11.1 Å². The summed E-state index contributed by atoms with van der Waals surface area (Å²) >= 11 is 0. The summed E-state index contributed by atoms with van der Waals surface area (Å²) < 4.78 is 2.33. The van der Waals surface area contributed by atoms with Crippen LogP contribution in [-0.2, 0) is 0 Å². The summed E-state index contributed by atoms with van der Waals surface area (Å²) in [6, 6.07) is 68.7. The van der Waals surface area contributed by atoms with Gasteiger partial charge in [0.2, 0.25) is 0 Å². The van der Waals surface area contributed by atoms with Gasteiger partial charge in [-0.15, -0.1) is 0 Å². The van der Waals surface area contributed by atoms with Gasteiger partial charge in [0.1, 0.15) is 0 Å². The molecule has 3 heterocycles. The zero-order valence-electron chi connectivity index (χ0n) is 34.7. The molecule has 0 spiro atoms. The molecule has 0 atom stereocenters. The van der Waals surface area contributed by atoms with Gasteiger partial charge in [0.05, 0.1) is 16.7 Å². The molecule has 0 fully saturated rings. The van der Waals surface area contributed by atoms with Crippen LogP contribution < -0.4 is 0 Å². The highest BCUT2D eigenvalue weighted by atomic mass is 15.1. The van der Waals surface area contributed by atoms with Crippen LogP contribution in [0.4, 0.5) is 0 Å². The van der Waals surface area contributed by atoms with E-state index in [-0.39, 0.29) is 0 Å². The minimum Gasteiger partial charge on any atom is -0.309 e. The second-order valence-electron chi connectivity index (χ2n) is 15.8. The van der Waals surface area contributed by atoms with E-state index in [2.05, 4.69) is 97.3 Å². The first-order valence-corrected chi connectivity index (χ1v) is 21.0. The molecule has 63 heavy (non-hydrogen) atoms. The largest absolute Gasteiger partial charge is 0.309 e. The molecule has 0 aliphatic carbocycles. The minimum absolute atomic E-state index is 0.526. The molecular formula is C56H39N7. The third-order valence-corrected chi connectivity index (χ3v) is 11.4. The predicted molar refractivity (Wildman–Crippen MR) is 255 cm³/mol. The van der Waals surface area contributed by atoms with Crippen molar-refractivity contribution in [2.45, 2.75) is 13.8 Å². The average molecular weight is 810 g/mol. The van der Waals surface area contributed by atoms with Crippen LogP contribution in [0, 0.1) is 13.8 Å². The first kappa shape index (κ1) is 37.6. The van der Waals surface area contributed by atoms with Crippen LogP contribution in [0.2, 0.25) is 0 Å². The second-order valence-corrected chi connectivity index (χ2v) is 15.8. The van der Waals surface area contributed by atoms with Crippen LogP contribution in [0.3, 0.4) is 0 Å². The van der Waals surface area contributed by atoms with Crippen molar-refractivity contribution >= 4 is 21.8 Å². The summed E-state index contributed by atoms with van der Waals surface area (Å²) in [6.07, 6.45) is 0. The molecule has 0 N–H and O–H groups in total. The maximum Gasteiger partial charge on any atom is 0.166 e. The second kappa shape index (κ2) is 15.9. The fraction of sp³-hybridized carbons (Fsp3) is 0.0357. The number of para-hydroxylation sites is 1. The highest BCUT2D eigenvalue weighted by Crippen LogP contribution is 2.40. The van der Waals surface area contributed by atoms with E-state index in [1.807, 2.05) is 121 Å². The van der Waals surface area contributed by atoms with Crippen molar-refractivity contribution in [1.29, 1.82) is 0 Å². The van der Waals surface area contributed by atoms with Crippen molar-refractivity contribution in [2.24, 2.45) is 0 Å². The summed E-state index contributed by atoms with van der Waals surface area (Å²) in [4.78, 5) is 30.8. The van der Waals surface area contributed by atoms with E-state index in [1.54, 1.807) is 0 Å². The summed E-state index contributed by atoms with van der Waals surface area (Å²) in [5, 5.41) is 2.30. The SMILES string of the molecule is Cc1cc(C)cc(-c2ccc3c(c2)c2ccccc2n3-c2ccc(-c3nc(-c4ccccc4)nc(-c4ccccc4)n3)cc2-c2nc(-c3ccccc3)nc(-c3ccccc3)n2)c1. The standard InChI is InChI=1S/C56H39N7/c1-36-31-37(2)33-44(32-36)42-27-29-49-46(34-42)45-25-15-16-26-48(45)63(49)50-30-28-43(55-59-51(38-17-7-3-8-18-38)57-52(60-55)39-19-9-4-10-20-39)35-47(50)56-61-53(40-21-11-5-12-22-40)58-54(62-56)41-23-13-6-14-24-41/h3-35H,1-2H3. The summed E-state index contributed by atoms with van der Waals surface area (Å²) in [6.45, 7) is 4.31. The Labute approximate surface area is 365 Å². The number of benzene rings is 8. The molecule has 7 nitrogen and oxygen atoms in total. The lowest BCUT2D eigenvalue weighted by Crippen LogP contribution is -2.05. The van der Waals surface area contributed by atoms with E-state index in [1.165, 1.54) is 22.3 Å². The summed E-state index contributed by atoms with van der Waals surface area (Å²) in [5.41, 5.74) is 13.1. The van der Waals surface area contributed by atoms with Gasteiger partial charge in [-0.1, -0.05) is 175 Å². The topological polar surface area (TPSA) is 82.3 Å². The molecule has 298 valence electrons. The lowest BCUT2D eigenvalue weighted by molar-refractivity contribution is 1.06. The van der Waals surface area contributed by atoms with E-state index >= 15 is 0 Å². The van der Waals surface area contributed by atoms with Gasteiger partial charge < -0.3 is 4.57 Å². The molecular weight excluding hydrogens is 771 g/mol. The van der Waals surface area contributed by atoms with Gasteiger partial charge in [-0.3, -0.25) is 0 Å². The normalized spacial score (nSPS) is 11.3. The first-order chi connectivity index (χ1) is 31.0. The third kappa shape index (κ3) is 7.21. The quantitative estimate of drug-likeness (QED) is 0.152. The van der Waals surface area contributed by atoms with Crippen LogP contribution in [0.5, 0.6) is 0 Å². The highest BCUT2D eigenvalue weighted by molar-refractivity contribution is 6.11. The molecule has 0 unspecified atom stereocenters. The Bertz CT molecular complexity index is 3320. The minimum atomic E-state index is 0.526. The Hall–Kier alpha value is -8.42. The molecule has 0 amide bonds. The van der Waals surface area contributed by atoms with Gasteiger partial charge in [0, 0.05) is 44.2 Å². The van der Waals surface area contributed by atoms with Crippen molar-refractivity contribution in [1.82, 2.24) is 34.5 Å². The maximum atomic E-state index is 5.28. The molecule has 7 heteroatoms. The molecule has 0 aliphatic rings. The van der Waals surface area contributed by atoms with Gasteiger partial charge in [-0.05, 0) is 61.4 Å². The average Bonchev–Trinajstić information content (AvgIpc) is 3.68. The van der Waals surface area contributed by atoms with E-state index in [4.69, 9.17) is 29.9 Å². The molecule has 0 saturated heterocycles. The summed E-state index contributed by atoms with van der Waals surface area (Å²) in [5.74, 6) is 3.40. The number of hydrogen-bond acceptors (Lipinski definition) is 6. The monoisotopic (exact) mass is 809 g/mol. The van der Waals surface area contributed by atoms with Crippen LogP contribution >= 0.6 is 0 Å². The lowest BCUT2D eigenvalue weighted by Gasteiger charge is -2.16. The number of hydrogen-bond donors (Lipinski definition) is 0. The Morgan fingerprint density at radius 3 is 1.21 bits per heavy atom. The van der Waals surface area contributed by atoms with E-state index in [9.17, 15) is 0 Å². The van der Waals surface area contributed by atoms with E-state index < -0.39 is 0 Å². The number of fused-ring (bicyclic) bond motifs is 3. The van der Waals surface area contributed by atoms with Crippen LogP contribution in [0.25, 0.3) is 107 Å². The Morgan fingerprint density at radius 2 is 0.698 bits per heavy atom. The van der Waals surface area contributed by atoms with Crippen molar-refractivity contribution in [3.63, 3.8) is 0 Å². The number of aryl methyl sites for hydroxylation is 2. The van der Waals surface area contributed by atoms with Crippen molar-refractivity contribution in [3.8, 4) is 85.1 Å². The molecule has 0 aliphatic heterocycles. The van der Waals surface area contributed by atoms with Crippen LogP contribution in [-0.4, -0.2) is 34.5 Å². The number of rotatable bonds is 8. The summed E-state index contributed by atoms with van der Waals surface area (Å²) in [7, 11) is 0. The van der Waals surface area contributed by atoms with E-state index in [0.29, 0.717) is 34.9 Å². The van der Waals surface area contributed by atoms with Crippen molar-refractivity contribution < 1.29 is 0 Å². The van der Waals surface area contributed by atoms with Gasteiger partial charge in [0.15, 0.2) is 34.9 Å². The molecule has 0 saturated carbocycles. The van der Waals surface area contributed by atoms with Gasteiger partial charge in [0.25, 0.3) is 0 Å². The molecule has 0 radical (unpaired) electrons. The number of aromatic nitrogens is 7. The zero-order chi connectivity index (χ0) is 42.3. The molecule has 3 aromatic heterocycles. The zero-order valence-corrected chi connectivity index (χ0v) is 34.7. The predicted octanol–water partition coefficient (Wildman–Crippen LogP) is 13.4. The third-order valence-electron chi connectivity index (χ3n) is 11.4. The van der Waals surface area contributed by atoms with Gasteiger partial charge >= 0.3 is 0 Å². The number of nitrogens with zero attached hydrogens (tertiary/aromatic N) is 7. The highest BCUT2D eigenvalue weighted by Gasteiger charge is 2.22. The Kier molecular flexibility index (Phi) is 9.47. The van der Waals surface area contributed by atoms with Crippen LogP contribution in [0.15, 0.2) is 200 Å².